The summed E-state index contributed by atoms with van der Waals surface area (Å²) in [7, 11) is 0. The molecule has 1 atom stereocenters. The van der Waals surface area contributed by atoms with Crippen molar-refractivity contribution in [2.24, 2.45) is 5.92 Å². The molecule has 0 radical (unpaired) electrons. The Labute approximate surface area is 208 Å². The molecule has 4 rings (SSSR count). The molecule has 1 N–H and O–H groups in total. The molecule has 2 aromatic carbocycles. The zero-order valence-corrected chi connectivity index (χ0v) is 20.6. The number of nitrogens with one attached hydrogen (secondary N) is 1. The van der Waals surface area contributed by atoms with E-state index in [1.807, 2.05) is 12.1 Å². The van der Waals surface area contributed by atoms with Gasteiger partial charge in [0.1, 0.15) is 0 Å². The summed E-state index contributed by atoms with van der Waals surface area (Å²) >= 11 is 6.49. The van der Waals surface area contributed by atoms with Gasteiger partial charge in [0, 0.05) is 48.9 Å². The van der Waals surface area contributed by atoms with E-state index < -0.39 is 5.92 Å². The van der Waals surface area contributed by atoms with Gasteiger partial charge in [0.2, 0.25) is 5.95 Å². The molecule has 35 heavy (non-hydrogen) atoms. The maximum Gasteiger partial charge on any atom is 0.270 e. The van der Waals surface area contributed by atoms with Gasteiger partial charge in [-0.25, -0.2) is 18.7 Å². The second-order valence-electron chi connectivity index (χ2n) is 9.14. The van der Waals surface area contributed by atoms with Crippen LogP contribution in [0, 0.1) is 5.92 Å². The zero-order chi connectivity index (χ0) is 25.2. The molecule has 0 saturated heterocycles. The molecule has 0 bridgehead atoms. The van der Waals surface area contributed by atoms with Crippen LogP contribution in [-0.2, 0) is 5.92 Å². The minimum Gasteiger partial charge on any atom is -0.351 e. The van der Waals surface area contributed by atoms with Crippen LogP contribution in [0.5, 0.6) is 0 Å². The standard InChI is InChI=1S/C27H27ClF2N4O/c1-17(2)14-19(18-8-10-20(11-9-18)27(3,29)30)15-33-25(35)21-16-34(26-31-12-5-13-32-26)23-7-4-6-22(28)24(21)23/h4-13,16-17,19H,14-15H2,1-3H3,(H,33,35). The number of aromatic nitrogens is 3. The Hall–Kier alpha value is -3.32. The van der Waals surface area contributed by atoms with Crippen LogP contribution in [0.3, 0.4) is 0 Å². The van der Waals surface area contributed by atoms with E-state index in [1.165, 1.54) is 12.1 Å². The van der Waals surface area contributed by atoms with E-state index in [0.29, 0.717) is 34.4 Å². The second kappa shape index (κ2) is 10.1. The molecule has 0 fully saturated rings. The van der Waals surface area contributed by atoms with Crippen molar-refractivity contribution in [3.63, 3.8) is 0 Å². The van der Waals surface area contributed by atoms with Crippen molar-refractivity contribution in [2.75, 3.05) is 6.54 Å². The van der Waals surface area contributed by atoms with Crippen molar-refractivity contribution in [3.05, 3.63) is 88.8 Å². The topological polar surface area (TPSA) is 59.8 Å². The van der Waals surface area contributed by atoms with E-state index in [0.717, 1.165) is 24.4 Å². The highest BCUT2D eigenvalue weighted by atomic mass is 35.5. The molecule has 5 nitrogen and oxygen atoms in total. The van der Waals surface area contributed by atoms with E-state index in [9.17, 15) is 13.6 Å². The van der Waals surface area contributed by atoms with E-state index in [1.54, 1.807) is 47.4 Å². The first-order valence-corrected chi connectivity index (χ1v) is 11.9. The van der Waals surface area contributed by atoms with Crippen LogP contribution in [0.1, 0.15) is 54.6 Å². The molecule has 0 aliphatic carbocycles. The molecule has 0 saturated carbocycles. The lowest BCUT2D eigenvalue weighted by Crippen LogP contribution is -2.29. The molecule has 0 aliphatic heterocycles. The molecule has 0 spiro atoms. The van der Waals surface area contributed by atoms with Gasteiger partial charge in [0.15, 0.2) is 0 Å². The monoisotopic (exact) mass is 496 g/mol. The van der Waals surface area contributed by atoms with Crippen molar-refractivity contribution in [2.45, 2.75) is 39.0 Å². The fraction of sp³-hybridized carbons (Fsp3) is 0.296. The predicted molar refractivity (Wildman–Crippen MR) is 134 cm³/mol. The minimum absolute atomic E-state index is 0.0280. The van der Waals surface area contributed by atoms with E-state index >= 15 is 0 Å². The first kappa shape index (κ1) is 24.8. The second-order valence-corrected chi connectivity index (χ2v) is 9.55. The predicted octanol–water partition coefficient (Wildman–Crippen LogP) is 6.75. The fourth-order valence-electron chi connectivity index (χ4n) is 4.26. The van der Waals surface area contributed by atoms with Gasteiger partial charge in [-0.3, -0.25) is 9.36 Å². The Bertz CT molecular complexity index is 1320. The number of halogens is 3. The largest absolute Gasteiger partial charge is 0.351 e. The number of benzene rings is 2. The smallest absolute Gasteiger partial charge is 0.270 e. The van der Waals surface area contributed by atoms with Gasteiger partial charge in [-0.2, -0.15) is 0 Å². The van der Waals surface area contributed by atoms with Crippen LogP contribution in [0.25, 0.3) is 16.9 Å². The summed E-state index contributed by atoms with van der Waals surface area (Å²) in [4.78, 5) is 21.9. The van der Waals surface area contributed by atoms with Crippen molar-refractivity contribution in [1.82, 2.24) is 19.9 Å². The highest BCUT2D eigenvalue weighted by molar-refractivity contribution is 6.37. The molecular formula is C27H27ClF2N4O. The highest BCUT2D eigenvalue weighted by Gasteiger charge is 2.25. The summed E-state index contributed by atoms with van der Waals surface area (Å²) in [5.41, 5.74) is 2.02. The lowest BCUT2D eigenvalue weighted by Gasteiger charge is -2.21. The molecule has 0 aliphatic rings. The maximum absolute atomic E-state index is 13.6. The molecule has 2 heterocycles. The highest BCUT2D eigenvalue weighted by Crippen LogP contribution is 2.32. The van der Waals surface area contributed by atoms with Crippen LogP contribution in [0.15, 0.2) is 67.1 Å². The van der Waals surface area contributed by atoms with Gasteiger partial charge in [-0.15, -0.1) is 0 Å². The number of nitrogens with zero attached hydrogens (tertiary/aromatic N) is 3. The number of carbonyl (C=O) groups excluding carboxylic acids is 1. The van der Waals surface area contributed by atoms with Gasteiger partial charge >= 0.3 is 0 Å². The summed E-state index contributed by atoms with van der Waals surface area (Å²) in [6, 6.07) is 13.5. The molecule has 182 valence electrons. The average molecular weight is 497 g/mol. The van der Waals surface area contributed by atoms with Crippen molar-refractivity contribution in [3.8, 4) is 5.95 Å². The molecule has 8 heteroatoms. The van der Waals surface area contributed by atoms with Crippen molar-refractivity contribution in [1.29, 1.82) is 0 Å². The lowest BCUT2D eigenvalue weighted by atomic mass is 9.89. The first-order chi connectivity index (χ1) is 16.6. The van der Waals surface area contributed by atoms with Gasteiger partial charge in [0.05, 0.1) is 16.1 Å². The quantitative estimate of drug-likeness (QED) is 0.293. The van der Waals surface area contributed by atoms with Gasteiger partial charge in [0.25, 0.3) is 11.8 Å². The number of carbonyl (C=O) groups is 1. The zero-order valence-electron chi connectivity index (χ0n) is 19.8. The third-order valence-corrected chi connectivity index (χ3v) is 6.26. The van der Waals surface area contributed by atoms with E-state index in [4.69, 9.17) is 11.6 Å². The van der Waals surface area contributed by atoms with Crippen LogP contribution in [-0.4, -0.2) is 27.0 Å². The molecule has 1 unspecified atom stereocenters. The van der Waals surface area contributed by atoms with Crippen molar-refractivity contribution >= 4 is 28.4 Å². The summed E-state index contributed by atoms with van der Waals surface area (Å²) in [5.74, 6) is -2.40. The Morgan fingerprint density at radius 1 is 1.09 bits per heavy atom. The molecule has 1 amide bonds. The van der Waals surface area contributed by atoms with E-state index in [-0.39, 0.29) is 17.4 Å². The number of rotatable bonds is 8. The maximum atomic E-state index is 13.6. The third-order valence-electron chi connectivity index (χ3n) is 5.94. The average Bonchev–Trinajstić information content (AvgIpc) is 3.23. The molecule has 4 aromatic rings. The van der Waals surface area contributed by atoms with Crippen LogP contribution in [0.2, 0.25) is 5.02 Å². The summed E-state index contributed by atoms with van der Waals surface area (Å²) in [6.45, 7) is 5.43. The van der Waals surface area contributed by atoms with Crippen LogP contribution >= 0.6 is 11.6 Å². The van der Waals surface area contributed by atoms with Crippen molar-refractivity contribution < 1.29 is 13.6 Å². The fourth-order valence-corrected chi connectivity index (χ4v) is 4.53. The van der Waals surface area contributed by atoms with Gasteiger partial charge < -0.3 is 5.32 Å². The Morgan fingerprint density at radius 2 is 1.77 bits per heavy atom. The molecule has 2 aromatic heterocycles. The summed E-state index contributed by atoms with van der Waals surface area (Å²) < 4.78 is 29.0. The number of hydrogen-bond acceptors (Lipinski definition) is 3. The van der Waals surface area contributed by atoms with Crippen LogP contribution in [0.4, 0.5) is 8.78 Å². The number of alkyl halides is 2. The molecular weight excluding hydrogens is 470 g/mol. The van der Waals surface area contributed by atoms with E-state index in [2.05, 4.69) is 29.1 Å². The lowest BCUT2D eigenvalue weighted by molar-refractivity contribution is 0.0174. The summed E-state index contributed by atoms with van der Waals surface area (Å²) in [5, 5.41) is 4.11. The van der Waals surface area contributed by atoms with Crippen LogP contribution < -0.4 is 5.32 Å². The normalized spacial score (nSPS) is 12.8. The number of fused-ring (bicyclic) bond motifs is 1. The Balaban J connectivity index is 1.61. The van der Waals surface area contributed by atoms with Gasteiger partial charge in [-0.1, -0.05) is 55.8 Å². The number of amides is 1. The Kier molecular flexibility index (Phi) is 7.17. The third kappa shape index (κ3) is 5.51. The minimum atomic E-state index is -2.89. The SMILES string of the molecule is CC(C)CC(CNC(=O)c1cn(-c2ncccn2)c2cccc(Cl)c12)c1ccc(C(C)(F)F)cc1. The Morgan fingerprint density at radius 3 is 2.40 bits per heavy atom. The summed E-state index contributed by atoms with van der Waals surface area (Å²) in [6.07, 6.45) is 5.75. The van der Waals surface area contributed by atoms with Gasteiger partial charge in [-0.05, 0) is 36.1 Å². The number of hydrogen-bond donors (Lipinski definition) is 1. The first-order valence-electron chi connectivity index (χ1n) is 11.5.